The number of anilines is 1. The van der Waals surface area contributed by atoms with E-state index in [0.717, 1.165) is 24.0 Å². The van der Waals surface area contributed by atoms with Crippen LogP contribution >= 0.6 is 0 Å². The van der Waals surface area contributed by atoms with Gasteiger partial charge >= 0.3 is 5.97 Å². The molecule has 1 N–H and O–H groups in total. The smallest absolute Gasteiger partial charge is 0.338 e. The van der Waals surface area contributed by atoms with E-state index in [1.807, 2.05) is 30.3 Å². The van der Waals surface area contributed by atoms with Crippen molar-refractivity contribution in [3.63, 3.8) is 0 Å². The van der Waals surface area contributed by atoms with Crippen LogP contribution < -0.4 is 5.32 Å². The number of likely N-dealkylation sites (N-methyl/N-ethyl adjacent to an activating group) is 1. The molecule has 1 amide bonds. The first-order valence-corrected chi connectivity index (χ1v) is 10.9. The summed E-state index contributed by atoms with van der Waals surface area (Å²) < 4.78 is 6.88. The fourth-order valence-electron chi connectivity index (χ4n) is 3.45. The lowest BCUT2D eigenvalue weighted by Gasteiger charge is -2.17. The summed E-state index contributed by atoms with van der Waals surface area (Å²) in [7, 11) is 0. The van der Waals surface area contributed by atoms with Crippen molar-refractivity contribution in [3.05, 3.63) is 66.4 Å². The quantitative estimate of drug-likeness (QED) is 0.483. The molecule has 1 aromatic heterocycles. The monoisotopic (exact) mass is 435 g/mol. The minimum absolute atomic E-state index is 0.0699. The molecule has 0 fully saturated rings. The van der Waals surface area contributed by atoms with Crippen molar-refractivity contribution in [2.75, 3.05) is 31.6 Å². The lowest BCUT2D eigenvalue weighted by atomic mass is 10.2. The van der Waals surface area contributed by atoms with E-state index >= 15 is 0 Å². The number of rotatable bonds is 10. The van der Waals surface area contributed by atoms with Crippen molar-refractivity contribution < 1.29 is 19.1 Å². The van der Waals surface area contributed by atoms with Gasteiger partial charge in [-0.15, -0.1) is 0 Å². The van der Waals surface area contributed by atoms with Crippen LogP contribution in [0.1, 0.15) is 41.8 Å². The second-order valence-electron chi connectivity index (χ2n) is 7.43. The molecular weight excluding hydrogens is 406 g/mol. The van der Waals surface area contributed by atoms with Gasteiger partial charge in [-0.1, -0.05) is 32.0 Å². The van der Waals surface area contributed by atoms with Gasteiger partial charge in [0.25, 0.3) is 0 Å². The van der Waals surface area contributed by atoms with Gasteiger partial charge in [-0.25, -0.2) is 4.79 Å². The van der Waals surface area contributed by atoms with Crippen LogP contribution in [-0.4, -0.2) is 53.5 Å². The number of ether oxygens (including phenoxy) is 1. The summed E-state index contributed by atoms with van der Waals surface area (Å²) in [6.45, 7) is 6.99. The van der Waals surface area contributed by atoms with Gasteiger partial charge < -0.3 is 15.0 Å². The number of carbonyl (C=O) groups excluding carboxylic acids is 3. The molecule has 0 saturated heterocycles. The minimum atomic E-state index is -0.389. The number of nitrogens with one attached hydrogen (secondary N) is 1. The number of esters is 1. The zero-order valence-electron chi connectivity index (χ0n) is 18.5. The molecule has 0 bridgehead atoms. The summed E-state index contributed by atoms with van der Waals surface area (Å²) in [5.41, 5.74) is 1.82. The van der Waals surface area contributed by atoms with Crippen molar-refractivity contribution in [2.24, 2.45) is 0 Å². The van der Waals surface area contributed by atoms with Crippen molar-refractivity contribution in [1.29, 1.82) is 0 Å². The lowest BCUT2D eigenvalue weighted by Crippen LogP contribution is -2.27. The summed E-state index contributed by atoms with van der Waals surface area (Å²) in [6, 6.07) is 16.0. The SMILES string of the molecule is CCN(CC)CCOC(=O)c1ccc(NC(=O)CCC(=O)n2ccc3ccccc32)cc1. The first-order chi connectivity index (χ1) is 15.5. The predicted molar refractivity (Wildman–Crippen MR) is 125 cm³/mol. The van der Waals surface area contributed by atoms with Crippen LogP contribution in [0.4, 0.5) is 5.69 Å². The Hall–Kier alpha value is -3.45. The summed E-state index contributed by atoms with van der Waals surface area (Å²) >= 11 is 0. The zero-order valence-corrected chi connectivity index (χ0v) is 18.5. The van der Waals surface area contributed by atoms with E-state index in [1.165, 1.54) is 0 Å². The van der Waals surface area contributed by atoms with E-state index in [1.54, 1.807) is 35.0 Å². The molecule has 0 spiro atoms. The fourth-order valence-corrected chi connectivity index (χ4v) is 3.45. The van der Waals surface area contributed by atoms with Crippen LogP contribution in [0.3, 0.4) is 0 Å². The molecule has 0 aliphatic carbocycles. The Morgan fingerprint density at radius 1 is 0.938 bits per heavy atom. The molecule has 3 aromatic rings. The highest BCUT2D eigenvalue weighted by atomic mass is 16.5. The number of amides is 1. The molecule has 0 saturated carbocycles. The molecule has 32 heavy (non-hydrogen) atoms. The van der Waals surface area contributed by atoms with E-state index in [4.69, 9.17) is 4.74 Å². The van der Waals surface area contributed by atoms with E-state index in [0.29, 0.717) is 24.4 Å². The standard InChI is InChI=1S/C25H29N3O4/c1-3-27(4-2)17-18-32-25(31)20-9-11-21(12-10-20)26-23(29)13-14-24(30)28-16-15-19-7-5-6-8-22(19)28/h5-12,15-16H,3-4,13-14,17-18H2,1-2H3,(H,26,29). The van der Waals surface area contributed by atoms with Crippen LogP contribution in [0.2, 0.25) is 0 Å². The van der Waals surface area contributed by atoms with Gasteiger partial charge in [-0.2, -0.15) is 0 Å². The number of fused-ring (bicyclic) bond motifs is 1. The summed E-state index contributed by atoms with van der Waals surface area (Å²) in [5, 5.41) is 3.74. The van der Waals surface area contributed by atoms with E-state index < -0.39 is 0 Å². The molecule has 0 radical (unpaired) electrons. The molecule has 7 nitrogen and oxygen atoms in total. The van der Waals surface area contributed by atoms with Gasteiger partial charge in [0.1, 0.15) is 6.61 Å². The van der Waals surface area contributed by atoms with Crippen LogP contribution in [0.5, 0.6) is 0 Å². The Balaban J connectivity index is 1.46. The average Bonchev–Trinajstić information content (AvgIpc) is 3.25. The minimum Gasteiger partial charge on any atom is -0.461 e. The Kier molecular flexibility index (Phi) is 8.16. The van der Waals surface area contributed by atoms with Gasteiger partial charge in [-0.3, -0.25) is 14.2 Å². The molecular formula is C25H29N3O4. The molecule has 3 rings (SSSR count). The van der Waals surface area contributed by atoms with Crippen LogP contribution in [-0.2, 0) is 9.53 Å². The second-order valence-corrected chi connectivity index (χ2v) is 7.43. The highest BCUT2D eigenvalue weighted by Gasteiger charge is 2.12. The van der Waals surface area contributed by atoms with E-state index in [9.17, 15) is 14.4 Å². The summed E-state index contributed by atoms with van der Waals surface area (Å²) in [5.74, 6) is -0.784. The van der Waals surface area contributed by atoms with Crippen LogP contribution in [0.15, 0.2) is 60.8 Å². The topological polar surface area (TPSA) is 80.6 Å². The molecule has 0 aliphatic rings. The highest BCUT2D eigenvalue weighted by molar-refractivity contribution is 5.97. The molecule has 168 valence electrons. The molecule has 0 atom stereocenters. The van der Waals surface area contributed by atoms with Crippen LogP contribution in [0, 0.1) is 0 Å². The lowest BCUT2D eigenvalue weighted by molar-refractivity contribution is -0.116. The number of hydrogen-bond donors (Lipinski definition) is 1. The van der Waals surface area contributed by atoms with Gasteiger partial charge in [0.2, 0.25) is 11.8 Å². The van der Waals surface area contributed by atoms with Crippen molar-refractivity contribution in [1.82, 2.24) is 9.47 Å². The maximum atomic E-state index is 12.5. The summed E-state index contributed by atoms with van der Waals surface area (Å²) in [4.78, 5) is 39.1. The third-order valence-electron chi connectivity index (χ3n) is 5.37. The number of nitrogens with zero attached hydrogens (tertiary/aromatic N) is 2. The Morgan fingerprint density at radius 3 is 2.38 bits per heavy atom. The molecule has 1 heterocycles. The first kappa shape index (κ1) is 23.2. The van der Waals surface area contributed by atoms with Crippen LogP contribution in [0.25, 0.3) is 10.9 Å². The number of carbonyl (C=O) groups is 3. The maximum Gasteiger partial charge on any atom is 0.338 e. The Bertz CT molecular complexity index is 1070. The van der Waals surface area contributed by atoms with E-state index in [2.05, 4.69) is 24.1 Å². The van der Waals surface area contributed by atoms with Crippen molar-refractivity contribution >= 4 is 34.4 Å². The number of aromatic nitrogens is 1. The fraction of sp³-hybridized carbons (Fsp3) is 0.320. The second kappa shape index (κ2) is 11.2. The van der Waals surface area contributed by atoms with Crippen molar-refractivity contribution in [2.45, 2.75) is 26.7 Å². The molecule has 2 aromatic carbocycles. The van der Waals surface area contributed by atoms with E-state index in [-0.39, 0.29) is 30.6 Å². The number of benzene rings is 2. The van der Waals surface area contributed by atoms with Gasteiger partial charge in [-0.05, 0) is 49.5 Å². The number of hydrogen-bond acceptors (Lipinski definition) is 5. The van der Waals surface area contributed by atoms with Crippen molar-refractivity contribution in [3.8, 4) is 0 Å². The van der Waals surface area contributed by atoms with Gasteiger partial charge in [0, 0.05) is 36.7 Å². The number of para-hydroxylation sites is 1. The molecule has 0 aliphatic heterocycles. The largest absolute Gasteiger partial charge is 0.461 e. The highest BCUT2D eigenvalue weighted by Crippen LogP contribution is 2.16. The first-order valence-electron chi connectivity index (χ1n) is 10.9. The van der Waals surface area contributed by atoms with Gasteiger partial charge in [0.15, 0.2) is 0 Å². The van der Waals surface area contributed by atoms with Gasteiger partial charge in [0.05, 0.1) is 11.1 Å². The third-order valence-corrected chi connectivity index (χ3v) is 5.37. The normalized spacial score (nSPS) is 11.0. The average molecular weight is 436 g/mol. The summed E-state index contributed by atoms with van der Waals surface area (Å²) in [6.07, 6.45) is 1.90. The maximum absolute atomic E-state index is 12.5. The Labute approximate surface area is 188 Å². The third kappa shape index (κ3) is 6.04. The predicted octanol–water partition coefficient (Wildman–Crippen LogP) is 4.20. The zero-order chi connectivity index (χ0) is 22.9. The molecule has 7 heteroatoms. The Morgan fingerprint density at radius 2 is 1.66 bits per heavy atom. The molecule has 0 unspecified atom stereocenters.